The minimum Gasteiger partial charge on any atom is -0.493 e. The summed E-state index contributed by atoms with van der Waals surface area (Å²) in [5.41, 5.74) is 2.81. The van der Waals surface area contributed by atoms with Gasteiger partial charge in [-0.05, 0) is 18.4 Å². The fraction of sp³-hybridized carbons (Fsp3) is 0.357. The largest absolute Gasteiger partial charge is 0.493 e. The molecule has 1 aromatic heterocycles. The summed E-state index contributed by atoms with van der Waals surface area (Å²) in [4.78, 5) is 0. The van der Waals surface area contributed by atoms with Gasteiger partial charge in [-0.3, -0.25) is 4.68 Å². The Labute approximate surface area is 106 Å². The van der Waals surface area contributed by atoms with Crippen LogP contribution in [-0.2, 0) is 13.5 Å². The molecule has 1 N–H and O–H groups in total. The van der Waals surface area contributed by atoms with Gasteiger partial charge in [0, 0.05) is 24.4 Å². The highest BCUT2D eigenvalue weighted by molar-refractivity contribution is 5.46. The Morgan fingerprint density at radius 1 is 1.44 bits per heavy atom. The van der Waals surface area contributed by atoms with Gasteiger partial charge in [-0.15, -0.1) is 0 Å². The topological polar surface area (TPSA) is 47.3 Å². The van der Waals surface area contributed by atoms with Gasteiger partial charge in [-0.25, -0.2) is 0 Å². The van der Waals surface area contributed by atoms with Crippen molar-refractivity contribution in [2.24, 2.45) is 7.05 Å². The monoisotopic (exact) mass is 244 g/mol. The lowest BCUT2D eigenvalue weighted by molar-refractivity contribution is 0.206. The molecule has 1 atom stereocenters. The molecule has 0 radical (unpaired) electrons. The highest BCUT2D eigenvalue weighted by Gasteiger charge is 2.21. The summed E-state index contributed by atoms with van der Waals surface area (Å²) in [5, 5.41) is 14.5. The predicted molar refractivity (Wildman–Crippen MR) is 67.5 cm³/mol. The first-order chi connectivity index (χ1) is 8.75. The highest BCUT2D eigenvalue weighted by atomic mass is 16.5. The van der Waals surface area contributed by atoms with Crippen LogP contribution in [0.25, 0.3) is 0 Å². The van der Waals surface area contributed by atoms with Crippen LogP contribution < -0.4 is 4.74 Å². The average Bonchev–Trinajstić information content (AvgIpc) is 2.84. The number of aliphatic hydroxyl groups excluding tert-OH is 1. The third kappa shape index (κ3) is 1.88. The Balaban J connectivity index is 2.01. The van der Waals surface area contributed by atoms with E-state index in [1.807, 2.05) is 25.4 Å². The van der Waals surface area contributed by atoms with Gasteiger partial charge in [-0.2, -0.15) is 5.10 Å². The van der Waals surface area contributed by atoms with E-state index in [0.29, 0.717) is 0 Å². The minimum absolute atomic E-state index is 0.674. The van der Waals surface area contributed by atoms with Crippen molar-refractivity contribution in [3.05, 3.63) is 47.3 Å². The van der Waals surface area contributed by atoms with E-state index >= 15 is 0 Å². The van der Waals surface area contributed by atoms with Crippen LogP contribution in [-0.4, -0.2) is 21.5 Å². The third-order valence-electron chi connectivity index (χ3n) is 3.30. The maximum Gasteiger partial charge on any atom is 0.128 e. The van der Waals surface area contributed by atoms with E-state index in [1.54, 1.807) is 10.9 Å². The van der Waals surface area contributed by atoms with E-state index in [2.05, 4.69) is 11.2 Å². The molecule has 0 amide bonds. The Bertz CT molecular complexity index is 563. The summed E-state index contributed by atoms with van der Waals surface area (Å²) < 4.78 is 7.41. The number of fused-ring (bicyclic) bond motifs is 1. The van der Waals surface area contributed by atoms with Gasteiger partial charge in [0.25, 0.3) is 0 Å². The normalized spacial score (nSPS) is 15.9. The molecule has 3 rings (SSSR count). The second-order valence-electron chi connectivity index (χ2n) is 4.64. The molecular weight excluding hydrogens is 228 g/mol. The lowest BCUT2D eigenvalue weighted by Gasteiger charge is -2.22. The van der Waals surface area contributed by atoms with Gasteiger partial charge < -0.3 is 9.84 Å². The number of hydrogen-bond acceptors (Lipinski definition) is 3. The lowest BCUT2D eigenvalue weighted by atomic mass is 9.97. The van der Waals surface area contributed by atoms with Crippen LogP contribution in [0.3, 0.4) is 0 Å². The Kier molecular flexibility index (Phi) is 2.80. The van der Waals surface area contributed by atoms with Gasteiger partial charge in [0.1, 0.15) is 11.9 Å². The summed E-state index contributed by atoms with van der Waals surface area (Å²) in [5.74, 6) is 0.847. The second kappa shape index (κ2) is 4.46. The van der Waals surface area contributed by atoms with Gasteiger partial charge in [0.2, 0.25) is 0 Å². The third-order valence-corrected chi connectivity index (χ3v) is 3.30. The summed E-state index contributed by atoms with van der Waals surface area (Å²) >= 11 is 0. The molecule has 1 aliphatic heterocycles. The summed E-state index contributed by atoms with van der Waals surface area (Å²) in [6.45, 7) is 0.726. The van der Waals surface area contributed by atoms with E-state index in [4.69, 9.17) is 4.74 Å². The number of para-hydroxylation sites is 1. The van der Waals surface area contributed by atoms with Crippen molar-refractivity contribution >= 4 is 0 Å². The van der Waals surface area contributed by atoms with Crippen molar-refractivity contribution < 1.29 is 9.84 Å². The molecule has 2 aromatic rings. The minimum atomic E-state index is -0.674. The van der Waals surface area contributed by atoms with Crippen LogP contribution in [0, 0.1) is 0 Å². The smallest absolute Gasteiger partial charge is 0.128 e. The van der Waals surface area contributed by atoms with Gasteiger partial charge in [-0.1, -0.05) is 18.2 Å². The molecule has 0 fully saturated rings. The van der Waals surface area contributed by atoms with Crippen LogP contribution in [0.1, 0.15) is 29.2 Å². The molecule has 1 aromatic carbocycles. The molecule has 94 valence electrons. The summed E-state index contributed by atoms with van der Waals surface area (Å²) in [6.07, 6.45) is 4.90. The summed E-state index contributed by atoms with van der Waals surface area (Å²) in [7, 11) is 1.84. The zero-order valence-corrected chi connectivity index (χ0v) is 10.3. The first-order valence-corrected chi connectivity index (χ1v) is 6.17. The van der Waals surface area contributed by atoms with Crippen molar-refractivity contribution in [3.8, 4) is 5.75 Å². The maximum atomic E-state index is 10.4. The SMILES string of the molecule is Cn1cc(C(O)c2cccc3c2OCCC3)cn1. The van der Waals surface area contributed by atoms with Crippen LogP contribution >= 0.6 is 0 Å². The number of benzene rings is 1. The first kappa shape index (κ1) is 11.3. The molecule has 0 saturated heterocycles. The van der Waals surface area contributed by atoms with E-state index < -0.39 is 6.10 Å². The Morgan fingerprint density at radius 2 is 2.33 bits per heavy atom. The zero-order chi connectivity index (χ0) is 12.5. The number of nitrogens with zero attached hydrogens (tertiary/aromatic N) is 2. The quantitative estimate of drug-likeness (QED) is 0.876. The van der Waals surface area contributed by atoms with Gasteiger partial charge in [0.15, 0.2) is 0 Å². The molecular formula is C14H16N2O2. The number of aryl methyl sites for hydroxylation is 2. The van der Waals surface area contributed by atoms with E-state index in [9.17, 15) is 5.11 Å². The standard InChI is InChI=1S/C14H16N2O2/c1-16-9-11(8-15-16)13(17)12-6-2-4-10-5-3-7-18-14(10)12/h2,4,6,8-9,13,17H,3,5,7H2,1H3. The number of aromatic nitrogens is 2. The average molecular weight is 244 g/mol. The van der Waals surface area contributed by atoms with Gasteiger partial charge >= 0.3 is 0 Å². The summed E-state index contributed by atoms with van der Waals surface area (Å²) in [6, 6.07) is 5.96. The molecule has 0 aliphatic carbocycles. The van der Waals surface area contributed by atoms with Crippen LogP contribution in [0.15, 0.2) is 30.6 Å². The van der Waals surface area contributed by atoms with Gasteiger partial charge in [0.05, 0.1) is 12.8 Å². The maximum absolute atomic E-state index is 10.4. The Morgan fingerprint density at radius 3 is 3.11 bits per heavy atom. The first-order valence-electron chi connectivity index (χ1n) is 6.17. The molecule has 0 saturated carbocycles. The number of ether oxygens (including phenoxy) is 1. The lowest BCUT2D eigenvalue weighted by Crippen LogP contribution is -2.12. The van der Waals surface area contributed by atoms with E-state index in [-0.39, 0.29) is 0 Å². The van der Waals surface area contributed by atoms with Crippen molar-refractivity contribution in [3.63, 3.8) is 0 Å². The fourth-order valence-corrected chi connectivity index (χ4v) is 2.39. The molecule has 1 unspecified atom stereocenters. The fourth-order valence-electron chi connectivity index (χ4n) is 2.39. The molecule has 1 aliphatic rings. The molecule has 4 nitrogen and oxygen atoms in total. The van der Waals surface area contributed by atoms with Crippen molar-refractivity contribution in [2.75, 3.05) is 6.61 Å². The highest BCUT2D eigenvalue weighted by Crippen LogP contribution is 2.35. The zero-order valence-electron chi connectivity index (χ0n) is 10.3. The van der Waals surface area contributed by atoms with Crippen LogP contribution in [0.5, 0.6) is 5.75 Å². The Hall–Kier alpha value is -1.81. The van der Waals surface area contributed by atoms with E-state index in [0.717, 1.165) is 36.3 Å². The van der Waals surface area contributed by atoms with Crippen LogP contribution in [0.2, 0.25) is 0 Å². The molecule has 4 heteroatoms. The number of rotatable bonds is 2. The van der Waals surface area contributed by atoms with Crippen molar-refractivity contribution in [2.45, 2.75) is 18.9 Å². The predicted octanol–water partition coefficient (Wildman–Crippen LogP) is 1.83. The molecule has 18 heavy (non-hydrogen) atoms. The number of aliphatic hydroxyl groups is 1. The van der Waals surface area contributed by atoms with E-state index in [1.165, 1.54) is 5.56 Å². The van der Waals surface area contributed by atoms with Crippen molar-refractivity contribution in [1.82, 2.24) is 9.78 Å². The molecule has 0 spiro atoms. The second-order valence-corrected chi connectivity index (χ2v) is 4.64. The van der Waals surface area contributed by atoms with Crippen LogP contribution in [0.4, 0.5) is 0 Å². The van der Waals surface area contributed by atoms with Crippen molar-refractivity contribution in [1.29, 1.82) is 0 Å². The number of hydrogen-bond donors (Lipinski definition) is 1. The molecule has 0 bridgehead atoms. The molecule has 2 heterocycles.